The summed E-state index contributed by atoms with van der Waals surface area (Å²) in [5.74, 6) is -0.340. The van der Waals surface area contributed by atoms with Crippen LogP contribution in [0.1, 0.15) is 27.9 Å². The highest BCUT2D eigenvalue weighted by Gasteiger charge is 2.24. The summed E-state index contributed by atoms with van der Waals surface area (Å²) in [7, 11) is -3.33. The summed E-state index contributed by atoms with van der Waals surface area (Å²) in [6, 6.07) is 10.0. The van der Waals surface area contributed by atoms with E-state index in [0.29, 0.717) is 29.9 Å². The van der Waals surface area contributed by atoms with Crippen molar-refractivity contribution in [3.8, 4) is 5.75 Å². The second-order valence-corrected chi connectivity index (χ2v) is 8.16. The van der Waals surface area contributed by atoms with Crippen LogP contribution < -0.4 is 9.62 Å². The number of aryl methyl sites for hydroxylation is 2. The van der Waals surface area contributed by atoms with Crippen LogP contribution in [0.2, 0.25) is 0 Å². The van der Waals surface area contributed by atoms with Crippen LogP contribution in [0.15, 0.2) is 36.4 Å². The number of carbonyl (C=O) groups is 1. The topological polar surface area (TPSA) is 86.7 Å². The van der Waals surface area contributed by atoms with E-state index in [9.17, 15) is 18.3 Å². The largest absolute Gasteiger partial charge is 0.506 e. The number of benzene rings is 2. The summed E-state index contributed by atoms with van der Waals surface area (Å²) in [5, 5.41) is 12.6. The number of phenols is 1. The van der Waals surface area contributed by atoms with Gasteiger partial charge in [-0.05, 0) is 61.2 Å². The van der Waals surface area contributed by atoms with Crippen molar-refractivity contribution in [2.45, 2.75) is 19.8 Å². The van der Waals surface area contributed by atoms with Gasteiger partial charge in [0.25, 0.3) is 5.91 Å². The number of nitrogens with zero attached hydrogens (tertiary/aromatic N) is 1. The molecule has 1 aliphatic rings. The van der Waals surface area contributed by atoms with Crippen LogP contribution in [0.5, 0.6) is 5.75 Å². The number of amides is 1. The van der Waals surface area contributed by atoms with Gasteiger partial charge >= 0.3 is 0 Å². The number of phenolic OH excluding ortho intramolecular Hbond substituents is 1. The second-order valence-electron chi connectivity index (χ2n) is 6.26. The van der Waals surface area contributed by atoms with Crippen molar-refractivity contribution in [1.82, 2.24) is 0 Å². The highest BCUT2D eigenvalue weighted by atomic mass is 32.2. The molecular formula is C18H20N2O4S. The van der Waals surface area contributed by atoms with Crippen molar-refractivity contribution in [3.63, 3.8) is 0 Å². The molecule has 0 fully saturated rings. The fourth-order valence-corrected chi connectivity index (χ4v) is 3.99. The van der Waals surface area contributed by atoms with E-state index in [1.165, 1.54) is 10.6 Å². The lowest BCUT2D eigenvalue weighted by Gasteiger charge is -2.29. The van der Waals surface area contributed by atoms with Gasteiger partial charge in [0.15, 0.2) is 0 Å². The summed E-state index contributed by atoms with van der Waals surface area (Å²) < 4.78 is 25.2. The van der Waals surface area contributed by atoms with E-state index >= 15 is 0 Å². The number of hydrogen-bond acceptors (Lipinski definition) is 4. The van der Waals surface area contributed by atoms with Crippen molar-refractivity contribution in [2.24, 2.45) is 0 Å². The minimum atomic E-state index is -3.33. The van der Waals surface area contributed by atoms with E-state index in [1.807, 2.05) is 6.92 Å². The van der Waals surface area contributed by atoms with Crippen molar-refractivity contribution < 1.29 is 18.3 Å². The average Bonchev–Trinajstić information content (AvgIpc) is 2.55. The molecule has 1 aliphatic heterocycles. The van der Waals surface area contributed by atoms with Gasteiger partial charge in [0.1, 0.15) is 5.75 Å². The fraction of sp³-hybridized carbons (Fsp3) is 0.278. The molecule has 0 aliphatic carbocycles. The Balaban J connectivity index is 1.88. The first-order chi connectivity index (χ1) is 11.8. The van der Waals surface area contributed by atoms with Crippen LogP contribution in [0, 0.1) is 6.92 Å². The molecule has 25 heavy (non-hydrogen) atoms. The smallest absolute Gasteiger partial charge is 0.255 e. The maximum atomic E-state index is 12.5. The van der Waals surface area contributed by atoms with Gasteiger partial charge in [-0.15, -0.1) is 0 Å². The molecule has 0 aromatic heterocycles. The Morgan fingerprint density at radius 2 is 1.96 bits per heavy atom. The number of aromatic hydroxyl groups is 1. The van der Waals surface area contributed by atoms with E-state index in [0.717, 1.165) is 17.5 Å². The van der Waals surface area contributed by atoms with Crippen molar-refractivity contribution in [2.75, 3.05) is 22.4 Å². The van der Waals surface area contributed by atoms with Gasteiger partial charge in [-0.25, -0.2) is 8.42 Å². The molecule has 1 heterocycles. The van der Waals surface area contributed by atoms with E-state index in [4.69, 9.17) is 0 Å². The molecule has 6 nitrogen and oxygen atoms in total. The summed E-state index contributed by atoms with van der Waals surface area (Å²) in [6.07, 6.45) is 2.62. The minimum absolute atomic E-state index is 0.00885. The maximum absolute atomic E-state index is 12.5. The lowest BCUT2D eigenvalue weighted by atomic mass is 10.0. The predicted molar refractivity (Wildman–Crippen MR) is 97.7 cm³/mol. The number of rotatable bonds is 3. The zero-order chi connectivity index (χ0) is 18.2. The molecule has 0 unspecified atom stereocenters. The van der Waals surface area contributed by atoms with Gasteiger partial charge in [-0.2, -0.15) is 0 Å². The Morgan fingerprint density at radius 1 is 1.20 bits per heavy atom. The molecule has 2 N–H and O–H groups in total. The van der Waals surface area contributed by atoms with Crippen LogP contribution in [0.25, 0.3) is 0 Å². The van der Waals surface area contributed by atoms with Crippen molar-refractivity contribution in [3.05, 3.63) is 53.1 Å². The molecule has 0 bridgehead atoms. The summed E-state index contributed by atoms with van der Waals surface area (Å²) in [5.41, 5.74) is 3.12. The number of hydrogen-bond donors (Lipinski definition) is 2. The fourth-order valence-electron chi connectivity index (χ4n) is 2.99. The molecule has 3 rings (SSSR count). The predicted octanol–water partition coefficient (Wildman–Crippen LogP) is 2.67. The summed E-state index contributed by atoms with van der Waals surface area (Å²) >= 11 is 0. The Morgan fingerprint density at radius 3 is 2.64 bits per heavy atom. The van der Waals surface area contributed by atoms with Crippen LogP contribution in [0.4, 0.5) is 11.4 Å². The van der Waals surface area contributed by atoms with E-state index in [1.54, 1.807) is 36.4 Å². The maximum Gasteiger partial charge on any atom is 0.255 e. The third-order valence-corrected chi connectivity index (χ3v) is 5.40. The van der Waals surface area contributed by atoms with Gasteiger partial charge < -0.3 is 10.4 Å². The first-order valence-corrected chi connectivity index (χ1v) is 9.82. The molecule has 0 spiro atoms. The van der Waals surface area contributed by atoms with Crippen LogP contribution in [-0.4, -0.2) is 32.2 Å². The summed E-state index contributed by atoms with van der Waals surface area (Å²) in [6.45, 7) is 2.30. The second kappa shape index (κ2) is 6.40. The van der Waals surface area contributed by atoms with Crippen LogP contribution in [-0.2, 0) is 16.4 Å². The van der Waals surface area contributed by atoms with E-state index < -0.39 is 10.0 Å². The van der Waals surface area contributed by atoms with Crippen LogP contribution >= 0.6 is 0 Å². The lowest BCUT2D eigenvalue weighted by molar-refractivity contribution is 0.102. The van der Waals surface area contributed by atoms with E-state index in [-0.39, 0.29) is 11.7 Å². The van der Waals surface area contributed by atoms with Gasteiger partial charge in [0.2, 0.25) is 10.0 Å². The molecule has 0 saturated carbocycles. The lowest BCUT2D eigenvalue weighted by Crippen LogP contribution is -2.34. The molecule has 0 saturated heterocycles. The Hall–Kier alpha value is -2.54. The number of anilines is 2. The Labute approximate surface area is 147 Å². The third-order valence-electron chi connectivity index (χ3n) is 4.22. The van der Waals surface area contributed by atoms with Crippen molar-refractivity contribution >= 4 is 27.3 Å². The highest BCUT2D eigenvalue weighted by molar-refractivity contribution is 7.92. The molecular weight excluding hydrogens is 340 g/mol. The molecule has 2 aromatic carbocycles. The van der Waals surface area contributed by atoms with Gasteiger partial charge in [0, 0.05) is 12.1 Å². The molecule has 2 aromatic rings. The minimum Gasteiger partial charge on any atom is -0.506 e. The van der Waals surface area contributed by atoms with Crippen molar-refractivity contribution in [1.29, 1.82) is 0 Å². The number of carbonyl (C=O) groups excluding carboxylic acids is 1. The third kappa shape index (κ3) is 3.61. The summed E-state index contributed by atoms with van der Waals surface area (Å²) in [4.78, 5) is 12.5. The highest BCUT2D eigenvalue weighted by Crippen LogP contribution is 2.30. The average molecular weight is 360 g/mol. The standard InChI is InChI=1S/C18H20N2O4S/c1-12-5-7-15(17(21)10-12)19-18(22)14-6-8-16-13(11-14)4-3-9-20(16)25(2,23)24/h5-8,10-11,21H,3-4,9H2,1-2H3,(H,19,22). The normalized spacial score (nSPS) is 14.1. The van der Waals surface area contributed by atoms with Gasteiger partial charge in [-0.1, -0.05) is 6.07 Å². The molecule has 132 valence electrons. The zero-order valence-electron chi connectivity index (χ0n) is 14.1. The Kier molecular flexibility index (Phi) is 4.43. The Bertz CT molecular complexity index is 938. The first kappa shape index (κ1) is 17.3. The van der Waals surface area contributed by atoms with Gasteiger partial charge in [-0.3, -0.25) is 9.10 Å². The SMILES string of the molecule is Cc1ccc(NC(=O)c2ccc3c(c2)CCCN3S(C)(=O)=O)c(O)c1. The number of sulfonamides is 1. The molecule has 0 atom stereocenters. The quantitative estimate of drug-likeness (QED) is 0.824. The van der Waals surface area contributed by atoms with Gasteiger partial charge in [0.05, 0.1) is 17.6 Å². The van der Waals surface area contributed by atoms with Crippen LogP contribution in [0.3, 0.4) is 0 Å². The molecule has 1 amide bonds. The van der Waals surface area contributed by atoms with E-state index in [2.05, 4.69) is 5.32 Å². The molecule has 7 heteroatoms. The zero-order valence-corrected chi connectivity index (χ0v) is 14.9. The number of fused-ring (bicyclic) bond motifs is 1. The monoisotopic (exact) mass is 360 g/mol. The first-order valence-electron chi connectivity index (χ1n) is 7.97. The molecule has 0 radical (unpaired) electrons. The number of nitrogens with one attached hydrogen (secondary N) is 1.